The van der Waals surface area contributed by atoms with Gasteiger partial charge in [0.15, 0.2) is 17.4 Å². The number of nitrogen functional groups attached to an aromatic ring is 1. The van der Waals surface area contributed by atoms with Gasteiger partial charge in [0, 0.05) is 16.8 Å². The molecule has 0 atom stereocenters. The highest BCUT2D eigenvalue weighted by atomic mass is 32.2. The molecule has 1 aromatic carbocycles. The van der Waals surface area contributed by atoms with E-state index in [1.165, 1.54) is 28.9 Å². The number of carbonyl (C=O) groups excluding carboxylic acids is 2. The Morgan fingerprint density at radius 2 is 1.77 bits per heavy atom. The first-order valence-electron chi connectivity index (χ1n) is 9.68. The fourth-order valence-corrected chi connectivity index (χ4v) is 4.18. The van der Waals surface area contributed by atoms with Crippen molar-refractivity contribution in [1.29, 1.82) is 0 Å². The van der Waals surface area contributed by atoms with Crippen molar-refractivity contribution in [2.45, 2.75) is 52.1 Å². The minimum Gasteiger partial charge on any atom is -0.355 e. The Hall–Kier alpha value is -2.87. The average molecular weight is 426 g/mol. The standard InChI is InChI=1S/C22H27N5O2S/c1-12-18(14(3)28)13(2)24-19(12)17(29)11-30-21-26-25-20(27(21)23)15-7-9-16(10-8-15)22(4,5)6/h7-10,24H,11,23H2,1-6H3. The first-order chi connectivity index (χ1) is 14.0. The molecular formula is C22H27N5O2S. The van der Waals surface area contributed by atoms with E-state index in [1.807, 2.05) is 12.1 Å². The molecule has 158 valence electrons. The minimum absolute atomic E-state index is 0.0585. The number of thioether (sulfide) groups is 1. The van der Waals surface area contributed by atoms with E-state index in [2.05, 4.69) is 48.1 Å². The van der Waals surface area contributed by atoms with Crippen molar-refractivity contribution in [2.75, 3.05) is 11.6 Å². The van der Waals surface area contributed by atoms with Crippen LogP contribution in [0.5, 0.6) is 0 Å². The maximum atomic E-state index is 12.7. The lowest BCUT2D eigenvalue weighted by atomic mass is 9.87. The van der Waals surface area contributed by atoms with E-state index in [9.17, 15) is 9.59 Å². The summed E-state index contributed by atoms with van der Waals surface area (Å²) in [6.45, 7) is 11.5. The molecule has 3 N–H and O–H groups in total. The van der Waals surface area contributed by atoms with Crippen LogP contribution in [0.15, 0.2) is 29.4 Å². The molecule has 2 aromatic heterocycles. The highest BCUT2D eigenvalue weighted by Crippen LogP contribution is 2.27. The smallest absolute Gasteiger partial charge is 0.210 e. The predicted octanol–water partition coefficient (Wildman–Crippen LogP) is 4.08. The largest absolute Gasteiger partial charge is 0.355 e. The number of Topliss-reactive ketones (excluding diaryl/α,β-unsaturated/α-hetero) is 2. The number of nitrogens with zero attached hydrogens (tertiary/aromatic N) is 3. The fraction of sp³-hybridized carbons (Fsp3) is 0.364. The van der Waals surface area contributed by atoms with Crippen molar-refractivity contribution >= 4 is 23.3 Å². The van der Waals surface area contributed by atoms with Crippen LogP contribution in [0.3, 0.4) is 0 Å². The first-order valence-corrected chi connectivity index (χ1v) is 10.7. The maximum absolute atomic E-state index is 12.7. The molecule has 0 saturated carbocycles. The number of hydrogen-bond acceptors (Lipinski definition) is 6. The predicted molar refractivity (Wildman–Crippen MR) is 120 cm³/mol. The van der Waals surface area contributed by atoms with Crippen LogP contribution in [0.2, 0.25) is 0 Å². The summed E-state index contributed by atoms with van der Waals surface area (Å²) in [6.07, 6.45) is 0. The third-order valence-corrected chi connectivity index (χ3v) is 6.02. The molecule has 7 nitrogen and oxygen atoms in total. The number of nitrogens with one attached hydrogen (secondary N) is 1. The summed E-state index contributed by atoms with van der Waals surface area (Å²) in [5, 5.41) is 8.78. The monoisotopic (exact) mass is 425 g/mol. The summed E-state index contributed by atoms with van der Waals surface area (Å²) in [7, 11) is 0. The van der Waals surface area contributed by atoms with E-state index in [0.717, 1.165) is 5.56 Å². The second-order valence-electron chi connectivity index (χ2n) is 8.40. The molecule has 8 heteroatoms. The number of rotatable bonds is 6. The highest BCUT2D eigenvalue weighted by molar-refractivity contribution is 7.99. The zero-order chi connectivity index (χ0) is 22.2. The summed E-state index contributed by atoms with van der Waals surface area (Å²) in [4.78, 5) is 27.5. The molecule has 0 aliphatic heterocycles. The van der Waals surface area contributed by atoms with Crippen molar-refractivity contribution in [2.24, 2.45) is 0 Å². The number of H-pyrrole nitrogens is 1. The summed E-state index contributed by atoms with van der Waals surface area (Å²) in [5.74, 6) is 6.69. The molecule has 0 amide bonds. The summed E-state index contributed by atoms with van der Waals surface area (Å²) in [5.41, 5.74) is 4.55. The molecule has 0 fully saturated rings. The van der Waals surface area contributed by atoms with E-state index < -0.39 is 0 Å². The van der Waals surface area contributed by atoms with Gasteiger partial charge in [-0.15, -0.1) is 10.2 Å². The van der Waals surface area contributed by atoms with Crippen LogP contribution in [0.4, 0.5) is 0 Å². The number of nitrogens with two attached hydrogens (primary N) is 1. The van der Waals surface area contributed by atoms with E-state index >= 15 is 0 Å². The summed E-state index contributed by atoms with van der Waals surface area (Å²) >= 11 is 1.21. The molecule has 0 aliphatic carbocycles. The molecule has 2 heterocycles. The molecule has 0 aliphatic rings. The van der Waals surface area contributed by atoms with Crippen molar-refractivity contribution in [1.82, 2.24) is 19.9 Å². The van der Waals surface area contributed by atoms with Gasteiger partial charge in [0.1, 0.15) is 0 Å². The SMILES string of the molecule is CC(=O)c1c(C)[nH]c(C(=O)CSc2nnc(-c3ccc(C(C)(C)C)cc3)n2N)c1C. The lowest BCUT2D eigenvalue weighted by molar-refractivity contribution is 0.101. The topological polar surface area (TPSA) is 107 Å². The normalized spacial score (nSPS) is 11.7. The third-order valence-electron chi connectivity index (χ3n) is 5.07. The summed E-state index contributed by atoms with van der Waals surface area (Å²) < 4.78 is 1.40. The Morgan fingerprint density at radius 3 is 2.30 bits per heavy atom. The van der Waals surface area contributed by atoms with Crippen molar-refractivity contribution in [3.8, 4) is 11.4 Å². The Labute approximate surface area is 180 Å². The second-order valence-corrected chi connectivity index (χ2v) is 9.34. The van der Waals surface area contributed by atoms with Crippen molar-refractivity contribution in [3.05, 3.63) is 52.3 Å². The van der Waals surface area contributed by atoms with Gasteiger partial charge in [-0.1, -0.05) is 56.8 Å². The van der Waals surface area contributed by atoms with Gasteiger partial charge in [-0.2, -0.15) is 0 Å². The van der Waals surface area contributed by atoms with Crippen LogP contribution in [0.1, 0.15) is 65.4 Å². The van der Waals surface area contributed by atoms with Gasteiger partial charge in [0.05, 0.1) is 11.4 Å². The van der Waals surface area contributed by atoms with Crippen LogP contribution in [0.25, 0.3) is 11.4 Å². The van der Waals surface area contributed by atoms with E-state index in [4.69, 9.17) is 5.84 Å². The molecule has 30 heavy (non-hydrogen) atoms. The van der Waals surface area contributed by atoms with Gasteiger partial charge in [0.25, 0.3) is 0 Å². The maximum Gasteiger partial charge on any atom is 0.210 e. The fourth-order valence-electron chi connectivity index (χ4n) is 3.45. The number of benzene rings is 1. The van der Waals surface area contributed by atoms with Crippen LogP contribution in [-0.4, -0.2) is 37.2 Å². The van der Waals surface area contributed by atoms with Crippen LogP contribution in [-0.2, 0) is 5.41 Å². The summed E-state index contributed by atoms with van der Waals surface area (Å²) in [6, 6.07) is 8.07. The van der Waals surface area contributed by atoms with Crippen LogP contribution in [0, 0.1) is 13.8 Å². The molecule has 0 bridgehead atoms. The second kappa shape index (κ2) is 8.10. The van der Waals surface area contributed by atoms with Gasteiger partial charge >= 0.3 is 0 Å². The van der Waals surface area contributed by atoms with E-state index in [1.54, 1.807) is 13.8 Å². The average Bonchev–Trinajstić information content (AvgIpc) is 3.18. The Bertz CT molecular complexity index is 1100. The molecule has 0 saturated heterocycles. The van der Waals surface area contributed by atoms with Crippen molar-refractivity contribution < 1.29 is 9.59 Å². The van der Waals surface area contributed by atoms with E-state index in [-0.39, 0.29) is 22.7 Å². The highest BCUT2D eigenvalue weighted by Gasteiger charge is 2.21. The minimum atomic E-state index is -0.118. The Balaban J connectivity index is 1.75. The third kappa shape index (κ3) is 4.18. The zero-order valence-corrected chi connectivity index (χ0v) is 19.0. The van der Waals surface area contributed by atoms with Crippen molar-refractivity contribution in [3.63, 3.8) is 0 Å². The lowest BCUT2D eigenvalue weighted by Gasteiger charge is -2.19. The van der Waals surface area contributed by atoms with Gasteiger partial charge < -0.3 is 10.8 Å². The van der Waals surface area contributed by atoms with Crippen LogP contribution >= 0.6 is 11.8 Å². The number of aromatic nitrogens is 4. The number of carbonyl (C=O) groups is 2. The molecular weight excluding hydrogens is 398 g/mol. The number of aromatic amines is 1. The molecule has 0 radical (unpaired) electrons. The zero-order valence-electron chi connectivity index (χ0n) is 18.2. The van der Waals surface area contributed by atoms with E-state index in [0.29, 0.717) is 33.5 Å². The molecule has 3 rings (SSSR count). The lowest BCUT2D eigenvalue weighted by Crippen LogP contribution is -2.13. The van der Waals surface area contributed by atoms with Gasteiger partial charge in [-0.3, -0.25) is 9.59 Å². The molecule has 3 aromatic rings. The molecule has 0 unspecified atom stereocenters. The molecule has 0 spiro atoms. The van der Waals surface area contributed by atoms with Crippen LogP contribution < -0.4 is 5.84 Å². The number of ketones is 2. The number of aryl methyl sites for hydroxylation is 1. The Morgan fingerprint density at radius 1 is 1.13 bits per heavy atom. The van der Waals surface area contributed by atoms with Gasteiger partial charge in [-0.25, -0.2) is 4.68 Å². The first kappa shape index (κ1) is 21.8. The quantitative estimate of drug-likeness (QED) is 0.350. The van der Waals surface area contributed by atoms with Gasteiger partial charge in [0.2, 0.25) is 5.16 Å². The Kier molecular flexibility index (Phi) is 5.90. The number of hydrogen-bond donors (Lipinski definition) is 2. The van der Waals surface area contributed by atoms with Gasteiger partial charge in [-0.05, 0) is 37.3 Å².